The summed E-state index contributed by atoms with van der Waals surface area (Å²) in [6, 6.07) is 9.62. The molecule has 136 valence electrons. The van der Waals surface area contributed by atoms with Crippen LogP contribution in [0.25, 0.3) is 0 Å². The Labute approximate surface area is 151 Å². The van der Waals surface area contributed by atoms with Crippen LogP contribution in [0.15, 0.2) is 41.5 Å². The van der Waals surface area contributed by atoms with Crippen LogP contribution in [0.4, 0.5) is 5.69 Å². The predicted molar refractivity (Wildman–Crippen MR) is 99.3 cm³/mol. The molecule has 0 radical (unpaired) electrons. The lowest BCUT2D eigenvalue weighted by atomic mass is 10.1. The molecule has 0 spiro atoms. The Morgan fingerprint density at radius 3 is 2.42 bits per heavy atom. The van der Waals surface area contributed by atoms with Crippen molar-refractivity contribution in [1.29, 1.82) is 0 Å². The van der Waals surface area contributed by atoms with E-state index in [0.29, 0.717) is 11.3 Å². The molecule has 7 heteroatoms. The van der Waals surface area contributed by atoms with Crippen LogP contribution in [0.5, 0.6) is 11.5 Å². The van der Waals surface area contributed by atoms with Crippen LogP contribution in [-0.2, 0) is 9.59 Å². The number of hydrogen-bond acceptors (Lipinski definition) is 5. The summed E-state index contributed by atoms with van der Waals surface area (Å²) in [6.07, 6.45) is 1.26. The van der Waals surface area contributed by atoms with Gasteiger partial charge in [-0.2, -0.15) is 5.10 Å². The molecule has 0 heterocycles. The van der Waals surface area contributed by atoms with Crippen LogP contribution < -0.4 is 10.7 Å². The molecule has 2 rings (SSSR count). The number of hydrazone groups is 1. The minimum atomic E-state index is -0.422. The molecule has 0 aliphatic rings. The Kier molecular flexibility index (Phi) is 6.32. The first-order chi connectivity index (χ1) is 12.3. The monoisotopic (exact) mass is 355 g/mol. The predicted octanol–water partition coefficient (Wildman–Crippen LogP) is 2.58. The lowest BCUT2D eigenvalue weighted by Crippen LogP contribution is -2.20. The van der Waals surface area contributed by atoms with Gasteiger partial charge in [-0.15, -0.1) is 0 Å². The van der Waals surface area contributed by atoms with Gasteiger partial charge in [0, 0.05) is 30.2 Å². The number of phenols is 2. The van der Waals surface area contributed by atoms with Crippen molar-refractivity contribution < 1.29 is 19.8 Å². The van der Waals surface area contributed by atoms with Gasteiger partial charge in [0.05, 0.1) is 6.21 Å². The molecule has 26 heavy (non-hydrogen) atoms. The van der Waals surface area contributed by atoms with Gasteiger partial charge in [0.2, 0.25) is 11.8 Å². The van der Waals surface area contributed by atoms with E-state index in [-0.39, 0.29) is 30.2 Å². The standard InChI is InChI=1S/C19H21N3O4/c1-12-3-5-15(9-13(12)2)21-18(25)7-8-19(26)22-20-11-14-4-6-16(23)10-17(14)24/h3-6,9-11,23-24H,7-8H2,1-2H3,(H,21,25)(H,22,26). The van der Waals surface area contributed by atoms with E-state index in [1.165, 1.54) is 24.4 Å². The first-order valence-corrected chi connectivity index (χ1v) is 8.06. The average Bonchev–Trinajstić information content (AvgIpc) is 2.58. The Morgan fingerprint density at radius 1 is 1.00 bits per heavy atom. The molecular weight excluding hydrogens is 334 g/mol. The molecule has 0 bridgehead atoms. The van der Waals surface area contributed by atoms with E-state index in [2.05, 4.69) is 15.8 Å². The molecule has 0 atom stereocenters. The quantitative estimate of drug-likeness (QED) is 0.471. The molecule has 0 saturated heterocycles. The second-order valence-electron chi connectivity index (χ2n) is 5.88. The minimum Gasteiger partial charge on any atom is -0.508 e. The van der Waals surface area contributed by atoms with Crippen molar-refractivity contribution in [2.24, 2.45) is 5.10 Å². The number of aromatic hydroxyl groups is 2. The van der Waals surface area contributed by atoms with Crippen molar-refractivity contribution >= 4 is 23.7 Å². The van der Waals surface area contributed by atoms with Crippen LogP contribution in [-0.4, -0.2) is 28.2 Å². The van der Waals surface area contributed by atoms with Crippen molar-refractivity contribution in [1.82, 2.24) is 5.43 Å². The van der Waals surface area contributed by atoms with Gasteiger partial charge < -0.3 is 15.5 Å². The summed E-state index contributed by atoms with van der Waals surface area (Å²) in [5.74, 6) is -0.910. The third kappa shape index (κ3) is 5.62. The summed E-state index contributed by atoms with van der Waals surface area (Å²) < 4.78 is 0. The lowest BCUT2D eigenvalue weighted by molar-refractivity contribution is -0.124. The zero-order valence-electron chi connectivity index (χ0n) is 14.6. The summed E-state index contributed by atoms with van der Waals surface area (Å²) in [7, 11) is 0. The van der Waals surface area contributed by atoms with Gasteiger partial charge in [-0.25, -0.2) is 5.43 Å². The summed E-state index contributed by atoms with van der Waals surface area (Å²) in [5, 5.41) is 25.3. The van der Waals surface area contributed by atoms with E-state index in [4.69, 9.17) is 0 Å². The minimum absolute atomic E-state index is 0.0183. The van der Waals surface area contributed by atoms with E-state index in [1.54, 1.807) is 0 Å². The zero-order chi connectivity index (χ0) is 19.1. The first-order valence-electron chi connectivity index (χ1n) is 8.06. The number of hydrogen-bond donors (Lipinski definition) is 4. The fourth-order valence-electron chi connectivity index (χ4n) is 2.14. The Bertz CT molecular complexity index is 847. The molecule has 0 aromatic heterocycles. The lowest BCUT2D eigenvalue weighted by Gasteiger charge is -2.07. The molecule has 0 aliphatic carbocycles. The van der Waals surface area contributed by atoms with Crippen molar-refractivity contribution in [2.45, 2.75) is 26.7 Å². The number of benzene rings is 2. The number of nitrogens with zero attached hydrogens (tertiary/aromatic N) is 1. The van der Waals surface area contributed by atoms with Crippen LogP contribution in [0.3, 0.4) is 0 Å². The number of aryl methyl sites for hydroxylation is 2. The molecule has 2 aromatic carbocycles. The number of carbonyl (C=O) groups is 2. The van der Waals surface area contributed by atoms with Gasteiger partial charge in [-0.05, 0) is 49.2 Å². The smallest absolute Gasteiger partial charge is 0.240 e. The van der Waals surface area contributed by atoms with Crippen LogP contribution in [0.2, 0.25) is 0 Å². The highest BCUT2D eigenvalue weighted by Gasteiger charge is 2.07. The molecule has 0 aliphatic heterocycles. The van der Waals surface area contributed by atoms with Crippen molar-refractivity contribution in [3.63, 3.8) is 0 Å². The van der Waals surface area contributed by atoms with Gasteiger partial charge in [0.1, 0.15) is 11.5 Å². The molecule has 2 amide bonds. The Balaban J connectivity index is 1.78. The maximum atomic E-state index is 11.9. The van der Waals surface area contributed by atoms with Crippen molar-refractivity contribution in [3.05, 3.63) is 53.1 Å². The van der Waals surface area contributed by atoms with Gasteiger partial charge in [-0.3, -0.25) is 9.59 Å². The zero-order valence-corrected chi connectivity index (χ0v) is 14.6. The molecular formula is C19H21N3O4. The summed E-state index contributed by atoms with van der Waals surface area (Å²) in [5.41, 5.74) is 5.54. The highest BCUT2D eigenvalue weighted by atomic mass is 16.3. The summed E-state index contributed by atoms with van der Waals surface area (Å²) in [4.78, 5) is 23.6. The summed E-state index contributed by atoms with van der Waals surface area (Å²) >= 11 is 0. The normalized spacial score (nSPS) is 10.7. The highest BCUT2D eigenvalue weighted by molar-refractivity contribution is 5.93. The Hall–Kier alpha value is -3.35. The number of phenolic OH excluding ortho intramolecular Hbond substituents is 2. The third-order valence-electron chi connectivity index (χ3n) is 3.78. The van der Waals surface area contributed by atoms with Gasteiger partial charge in [-0.1, -0.05) is 6.07 Å². The molecule has 0 fully saturated rings. The summed E-state index contributed by atoms with van der Waals surface area (Å²) in [6.45, 7) is 3.95. The van der Waals surface area contributed by atoms with E-state index >= 15 is 0 Å². The van der Waals surface area contributed by atoms with Crippen LogP contribution in [0.1, 0.15) is 29.5 Å². The number of carbonyl (C=O) groups excluding carboxylic acids is 2. The second kappa shape index (κ2) is 8.66. The Morgan fingerprint density at radius 2 is 1.73 bits per heavy atom. The highest BCUT2D eigenvalue weighted by Crippen LogP contribution is 2.20. The molecule has 0 unspecified atom stereocenters. The van der Waals surface area contributed by atoms with E-state index in [1.807, 2.05) is 32.0 Å². The van der Waals surface area contributed by atoms with Crippen molar-refractivity contribution in [2.75, 3.05) is 5.32 Å². The third-order valence-corrected chi connectivity index (χ3v) is 3.78. The fourth-order valence-corrected chi connectivity index (χ4v) is 2.14. The fraction of sp³-hybridized carbons (Fsp3) is 0.211. The van der Waals surface area contributed by atoms with Crippen LogP contribution in [0, 0.1) is 13.8 Å². The van der Waals surface area contributed by atoms with E-state index < -0.39 is 5.91 Å². The van der Waals surface area contributed by atoms with Crippen LogP contribution >= 0.6 is 0 Å². The van der Waals surface area contributed by atoms with Crippen molar-refractivity contribution in [3.8, 4) is 11.5 Å². The largest absolute Gasteiger partial charge is 0.508 e. The number of nitrogens with one attached hydrogen (secondary N) is 2. The topological polar surface area (TPSA) is 111 Å². The van der Waals surface area contributed by atoms with E-state index in [9.17, 15) is 19.8 Å². The maximum absolute atomic E-state index is 11.9. The second-order valence-corrected chi connectivity index (χ2v) is 5.88. The van der Waals surface area contributed by atoms with Gasteiger partial charge in [0.15, 0.2) is 0 Å². The van der Waals surface area contributed by atoms with E-state index in [0.717, 1.165) is 11.1 Å². The van der Waals surface area contributed by atoms with Gasteiger partial charge in [0.25, 0.3) is 0 Å². The number of amides is 2. The average molecular weight is 355 g/mol. The molecule has 4 N–H and O–H groups in total. The van der Waals surface area contributed by atoms with Gasteiger partial charge >= 0.3 is 0 Å². The number of anilines is 1. The first kappa shape index (κ1) is 19.0. The SMILES string of the molecule is Cc1ccc(NC(=O)CCC(=O)NN=Cc2ccc(O)cc2O)cc1C. The molecule has 0 saturated carbocycles. The maximum Gasteiger partial charge on any atom is 0.240 e. The number of rotatable bonds is 6. The molecule has 7 nitrogen and oxygen atoms in total. The molecule has 2 aromatic rings.